The number of carbonyl (C=O) groups is 2. The number of sulfonamides is 1. The molecule has 0 radical (unpaired) electrons. The topological polar surface area (TPSA) is 114 Å². The molecule has 2 N–H and O–H groups in total. The van der Waals surface area contributed by atoms with E-state index in [4.69, 9.17) is 21.1 Å². The van der Waals surface area contributed by atoms with Gasteiger partial charge in [0.2, 0.25) is 15.9 Å². The van der Waals surface area contributed by atoms with Gasteiger partial charge in [-0.25, -0.2) is 13.1 Å². The predicted molar refractivity (Wildman–Crippen MR) is 125 cm³/mol. The van der Waals surface area contributed by atoms with Crippen molar-refractivity contribution in [1.29, 1.82) is 0 Å². The Morgan fingerprint density at radius 2 is 1.79 bits per heavy atom. The van der Waals surface area contributed by atoms with Crippen molar-refractivity contribution in [3.63, 3.8) is 0 Å². The predicted octanol–water partition coefficient (Wildman–Crippen LogP) is 2.05. The first-order chi connectivity index (χ1) is 15.7. The molecule has 0 heterocycles. The van der Waals surface area contributed by atoms with Crippen LogP contribution in [0.1, 0.15) is 22.3 Å². The number of carbonyl (C=O) groups excluding carboxylic acids is 2. The number of ether oxygens (including phenoxy) is 2. The van der Waals surface area contributed by atoms with E-state index in [0.717, 1.165) is 0 Å². The Hall–Kier alpha value is -2.66. The van der Waals surface area contributed by atoms with Crippen LogP contribution in [0.15, 0.2) is 47.4 Å². The molecule has 2 aromatic carbocycles. The Morgan fingerprint density at radius 3 is 2.42 bits per heavy atom. The quantitative estimate of drug-likeness (QED) is 0.434. The van der Waals surface area contributed by atoms with Gasteiger partial charge in [-0.05, 0) is 42.3 Å². The molecule has 0 aliphatic carbocycles. The number of halogens is 1. The Labute approximate surface area is 199 Å². The van der Waals surface area contributed by atoms with E-state index >= 15 is 0 Å². The van der Waals surface area contributed by atoms with Crippen molar-refractivity contribution in [2.75, 3.05) is 41.0 Å². The van der Waals surface area contributed by atoms with Gasteiger partial charge in [-0.3, -0.25) is 9.59 Å². The summed E-state index contributed by atoms with van der Waals surface area (Å²) in [5, 5.41) is 3.24. The molecule has 0 saturated heterocycles. The second kappa shape index (κ2) is 12.5. The van der Waals surface area contributed by atoms with E-state index in [0.29, 0.717) is 30.2 Å². The van der Waals surface area contributed by atoms with Crippen molar-refractivity contribution in [3.05, 3.63) is 58.6 Å². The standard InChI is InChI=1S/C22H28ClN3O6S/c1-26(15-21(27)24-11-4-12-31-2)22(28)17-7-10-19(32-3)20(13-17)33(29,30)25-14-16-5-8-18(23)9-6-16/h5-10,13,25H,4,11-12,14-15H2,1-3H3,(H,24,27). The third-order valence-electron chi connectivity index (χ3n) is 4.65. The maximum absolute atomic E-state index is 12.9. The zero-order chi connectivity index (χ0) is 24.4. The molecule has 2 rings (SSSR count). The molecule has 0 atom stereocenters. The molecule has 2 aromatic rings. The van der Waals surface area contributed by atoms with Crippen LogP contribution >= 0.6 is 11.6 Å². The van der Waals surface area contributed by atoms with Gasteiger partial charge in [0, 0.05) is 44.4 Å². The number of methoxy groups -OCH3 is 2. The highest BCUT2D eigenvalue weighted by molar-refractivity contribution is 7.89. The zero-order valence-electron chi connectivity index (χ0n) is 18.8. The van der Waals surface area contributed by atoms with Crippen molar-refractivity contribution in [1.82, 2.24) is 14.9 Å². The van der Waals surface area contributed by atoms with Crippen LogP contribution in [0.3, 0.4) is 0 Å². The van der Waals surface area contributed by atoms with E-state index in [9.17, 15) is 18.0 Å². The molecular weight excluding hydrogens is 470 g/mol. The number of hydrogen-bond acceptors (Lipinski definition) is 6. The van der Waals surface area contributed by atoms with Crippen molar-refractivity contribution in [3.8, 4) is 5.75 Å². The summed E-state index contributed by atoms with van der Waals surface area (Å²) in [4.78, 5) is 25.9. The van der Waals surface area contributed by atoms with Gasteiger partial charge in [-0.15, -0.1) is 0 Å². The molecule has 0 bridgehead atoms. The van der Waals surface area contributed by atoms with Crippen LogP contribution in [-0.4, -0.2) is 66.1 Å². The molecule has 0 saturated carbocycles. The second-order valence-corrected chi connectivity index (χ2v) is 9.35. The first-order valence-corrected chi connectivity index (χ1v) is 12.0. The zero-order valence-corrected chi connectivity index (χ0v) is 20.3. The molecule has 11 heteroatoms. The molecular formula is C22H28ClN3O6S. The van der Waals surface area contributed by atoms with E-state index in [-0.39, 0.29) is 35.2 Å². The summed E-state index contributed by atoms with van der Waals surface area (Å²) in [5.74, 6) is -0.736. The largest absolute Gasteiger partial charge is 0.495 e. The highest BCUT2D eigenvalue weighted by Gasteiger charge is 2.23. The number of amides is 2. The minimum atomic E-state index is -4.00. The SMILES string of the molecule is COCCCNC(=O)CN(C)C(=O)c1ccc(OC)c(S(=O)(=O)NCc2ccc(Cl)cc2)c1. The molecule has 0 unspecified atom stereocenters. The molecule has 0 spiro atoms. The Kier molecular flexibility index (Phi) is 10.1. The third-order valence-corrected chi connectivity index (χ3v) is 6.33. The second-order valence-electron chi connectivity index (χ2n) is 7.17. The summed E-state index contributed by atoms with van der Waals surface area (Å²) in [7, 11) is 0.380. The molecule has 0 fully saturated rings. The van der Waals surface area contributed by atoms with Gasteiger partial charge in [0.05, 0.1) is 13.7 Å². The van der Waals surface area contributed by atoms with Crippen molar-refractivity contribution in [2.45, 2.75) is 17.9 Å². The molecule has 180 valence electrons. The first-order valence-electron chi connectivity index (χ1n) is 10.1. The highest BCUT2D eigenvalue weighted by Crippen LogP contribution is 2.25. The molecule has 0 aliphatic heterocycles. The molecule has 33 heavy (non-hydrogen) atoms. The summed E-state index contributed by atoms with van der Waals surface area (Å²) < 4.78 is 38.5. The number of benzene rings is 2. The fourth-order valence-electron chi connectivity index (χ4n) is 2.89. The number of hydrogen-bond donors (Lipinski definition) is 2. The lowest BCUT2D eigenvalue weighted by Crippen LogP contribution is -2.39. The smallest absolute Gasteiger partial charge is 0.254 e. The van der Waals surface area contributed by atoms with Crippen LogP contribution in [-0.2, 0) is 26.1 Å². The third kappa shape index (κ3) is 8.01. The maximum atomic E-state index is 12.9. The van der Waals surface area contributed by atoms with Crippen LogP contribution in [0.4, 0.5) is 0 Å². The van der Waals surface area contributed by atoms with Gasteiger partial charge in [-0.2, -0.15) is 0 Å². The van der Waals surface area contributed by atoms with E-state index in [1.807, 2.05) is 0 Å². The lowest BCUT2D eigenvalue weighted by Gasteiger charge is -2.18. The summed E-state index contributed by atoms with van der Waals surface area (Å²) in [6, 6.07) is 10.8. The summed E-state index contributed by atoms with van der Waals surface area (Å²) in [5.41, 5.74) is 0.822. The normalized spacial score (nSPS) is 11.2. The van der Waals surface area contributed by atoms with Gasteiger partial charge in [-0.1, -0.05) is 23.7 Å². The average molecular weight is 498 g/mol. The molecule has 0 aliphatic rings. The van der Waals surface area contributed by atoms with Gasteiger partial charge < -0.3 is 19.7 Å². The number of nitrogens with zero attached hydrogens (tertiary/aromatic N) is 1. The van der Waals surface area contributed by atoms with Crippen LogP contribution < -0.4 is 14.8 Å². The van der Waals surface area contributed by atoms with Crippen LogP contribution in [0, 0.1) is 0 Å². The summed E-state index contributed by atoms with van der Waals surface area (Å²) in [6.45, 7) is 0.807. The highest BCUT2D eigenvalue weighted by atomic mass is 35.5. The van der Waals surface area contributed by atoms with Crippen molar-refractivity contribution in [2.24, 2.45) is 0 Å². The lowest BCUT2D eigenvalue weighted by atomic mass is 10.2. The minimum Gasteiger partial charge on any atom is -0.495 e. The van der Waals surface area contributed by atoms with Crippen molar-refractivity contribution >= 4 is 33.4 Å². The Balaban J connectivity index is 2.12. The van der Waals surface area contributed by atoms with E-state index in [1.165, 1.54) is 37.3 Å². The van der Waals surface area contributed by atoms with E-state index in [2.05, 4.69) is 10.0 Å². The Morgan fingerprint density at radius 1 is 1.09 bits per heavy atom. The fourth-order valence-corrected chi connectivity index (χ4v) is 4.22. The average Bonchev–Trinajstić information content (AvgIpc) is 2.80. The van der Waals surface area contributed by atoms with E-state index in [1.54, 1.807) is 31.4 Å². The number of rotatable bonds is 12. The number of likely N-dealkylation sites (N-methyl/N-ethyl adjacent to an activating group) is 1. The van der Waals surface area contributed by atoms with Crippen LogP contribution in [0.2, 0.25) is 5.02 Å². The van der Waals surface area contributed by atoms with Crippen LogP contribution in [0.5, 0.6) is 5.75 Å². The summed E-state index contributed by atoms with van der Waals surface area (Å²) in [6.07, 6.45) is 0.655. The van der Waals surface area contributed by atoms with Gasteiger partial charge in [0.1, 0.15) is 10.6 Å². The van der Waals surface area contributed by atoms with Crippen LogP contribution in [0.25, 0.3) is 0 Å². The Bertz CT molecular complexity index is 1060. The monoisotopic (exact) mass is 497 g/mol. The number of nitrogens with one attached hydrogen (secondary N) is 2. The van der Waals surface area contributed by atoms with Gasteiger partial charge in [0.15, 0.2) is 0 Å². The fraction of sp³-hybridized carbons (Fsp3) is 0.364. The molecule has 9 nitrogen and oxygen atoms in total. The van der Waals surface area contributed by atoms with Gasteiger partial charge >= 0.3 is 0 Å². The van der Waals surface area contributed by atoms with E-state index < -0.39 is 15.9 Å². The molecule has 0 aromatic heterocycles. The lowest BCUT2D eigenvalue weighted by molar-refractivity contribution is -0.121. The summed E-state index contributed by atoms with van der Waals surface area (Å²) >= 11 is 5.86. The first kappa shape index (κ1) is 26.6. The van der Waals surface area contributed by atoms with Gasteiger partial charge in [0.25, 0.3) is 5.91 Å². The van der Waals surface area contributed by atoms with Crippen molar-refractivity contribution < 1.29 is 27.5 Å². The maximum Gasteiger partial charge on any atom is 0.254 e. The minimum absolute atomic E-state index is 0.0317. The molecule has 2 amide bonds.